The van der Waals surface area contributed by atoms with Crippen molar-refractivity contribution in [3.05, 3.63) is 63.9 Å². The van der Waals surface area contributed by atoms with Crippen LogP contribution in [-0.2, 0) is 11.2 Å². The molecule has 0 spiro atoms. The zero-order chi connectivity index (χ0) is 22.7. The Kier molecular flexibility index (Phi) is 7.60. The highest BCUT2D eigenvalue weighted by Gasteiger charge is 2.27. The first kappa shape index (κ1) is 23.6. The van der Waals surface area contributed by atoms with Gasteiger partial charge < -0.3 is 15.5 Å². The Morgan fingerprint density at radius 3 is 2.39 bits per heavy atom. The molecule has 0 aliphatic carbocycles. The van der Waals surface area contributed by atoms with Crippen LogP contribution in [0, 0.1) is 24.6 Å². The number of aryl methyl sites for hydroxylation is 1. The Labute approximate surface area is 190 Å². The second-order valence-corrected chi connectivity index (χ2v) is 9.42. The Bertz CT molecular complexity index is 925. The Hall–Kier alpha value is -2.11. The Balaban J connectivity index is 1.65. The molecule has 0 saturated carbocycles. The lowest BCUT2D eigenvalue weighted by atomic mass is 9.93. The number of nitrogens with two attached hydrogens (primary N) is 1. The van der Waals surface area contributed by atoms with Gasteiger partial charge in [-0.15, -0.1) is 0 Å². The highest BCUT2D eigenvalue weighted by Crippen LogP contribution is 2.31. The molecule has 2 aromatic rings. The molecule has 4 nitrogen and oxygen atoms in total. The zero-order valence-electron chi connectivity index (χ0n) is 18.9. The van der Waals surface area contributed by atoms with E-state index in [-0.39, 0.29) is 23.7 Å². The maximum Gasteiger partial charge on any atom is 0.225 e. The smallest absolute Gasteiger partial charge is 0.225 e. The lowest BCUT2D eigenvalue weighted by Gasteiger charge is -2.39. The van der Waals surface area contributed by atoms with E-state index in [1.165, 1.54) is 17.2 Å². The minimum absolute atomic E-state index is 0.0242. The highest BCUT2D eigenvalue weighted by atomic mass is 35.5. The molecule has 2 N–H and O–H groups in total. The predicted molar refractivity (Wildman–Crippen MR) is 126 cm³/mol. The largest absolute Gasteiger partial charge is 0.368 e. The molecule has 2 atom stereocenters. The summed E-state index contributed by atoms with van der Waals surface area (Å²) in [5.74, 6) is -0.230. The third-order valence-corrected chi connectivity index (χ3v) is 6.39. The van der Waals surface area contributed by atoms with Crippen LogP contribution in [0.5, 0.6) is 0 Å². The van der Waals surface area contributed by atoms with Crippen molar-refractivity contribution in [1.29, 1.82) is 0 Å². The number of hydrogen-bond donors (Lipinski definition) is 1. The number of piperazine rings is 1. The standard InChI is InChI=1S/C25H33ClFN3O/c1-16(2)24(28)21-13-17(3)5-8-23(21)29-9-11-30(12-10-29)25(31)18(4)14-19-6-7-20(26)15-22(19)27/h5-8,13,15-16,18,24H,9-12,14,28H2,1-4H3/t18-,24+/m1/s1. The number of benzene rings is 2. The first-order valence-corrected chi connectivity index (χ1v) is 11.4. The van der Waals surface area contributed by atoms with Gasteiger partial charge in [0.1, 0.15) is 5.82 Å². The zero-order valence-corrected chi connectivity index (χ0v) is 19.6. The van der Waals surface area contributed by atoms with Gasteiger partial charge in [-0.2, -0.15) is 0 Å². The lowest BCUT2D eigenvalue weighted by Crippen LogP contribution is -2.50. The maximum atomic E-state index is 14.1. The van der Waals surface area contributed by atoms with Crippen LogP contribution in [0.1, 0.15) is 43.5 Å². The summed E-state index contributed by atoms with van der Waals surface area (Å²) in [6.07, 6.45) is 0.368. The molecule has 0 aromatic heterocycles. The molecular formula is C25H33ClFN3O. The molecule has 0 bridgehead atoms. The second kappa shape index (κ2) is 10.0. The number of hydrogen-bond acceptors (Lipinski definition) is 3. The van der Waals surface area contributed by atoms with E-state index in [1.807, 2.05) is 11.8 Å². The normalized spacial score (nSPS) is 16.5. The van der Waals surface area contributed by atoms with Crippen molar-refractivity contribution in [2.24, 2.45) is 17.6 Å². The number of rotatable bonds is 6. The molecule has 1 fully saturated rings. The van der Waals surface area contributed by atoms with Gasteiger partial charge >= 0.3 is 0 Å². The van der Waals surface area contributed by atoms with Crippen molar-refractivity contribution >= 4 is 23.2 Å². The van der Waals surface area contributed by atoms with E-state index in [1.54, 1.807) is 12.1 Å². The molecule has 1 saturated heterocycles. The van der Waals surface area contributed by atoms with Crippen molar-refractivity contribution in [2.75, 3.05) is 31.1 Å². The summed E-state index contributed by atoms with van der Waals surface area (Å²) in [6, 6.07) is 11.0. The van der Waals surface area contributed by atoms with E-state index >= 15 is 0 Å². The monoisotopic (exact) mass is 445 g/mol. The van der Waals surface area contributed by atoms with E-state index in [0.717, 1.165) is 18.8 Å². The molecule has 168 valence electrons. The van der Waals surface area contributed by atoms with Gasteiger partial charge in [-0.3, -0.25) is 4.79 Å². The molecule has 31 heavy (non-hydrogen) atoms. The minimum atomic E-state index is -0.356. The summed E-state index contributed by atoms with van der Waals surface area (Å²) in [5, 5.41) is 0.365. The summed E-state index contributed by atoms with van der Waals surface area (Å²) in [5.41, 5.74) is 10.5. The molecule has 1 amide bonds. The van der Waals surface area contributed by atoms with E-state index in [0.29, 0.717) is 36.0 Å². The van der Waals surface area contributed by atoms with Crippen LogP contribution in [0.4, 0.5) is 10.1 Å². The van der Waals surface area contributed by atoms with Gasteiger partial charge in [0.05, 0.1) is 0 Å². The van der Waals surface area contributed by atoms with Crippen molar-refractivity contribution < 1.29 is 9.18 Å². The number of anilines is 1. The topological polar surface area (TPSA) is 49.6 Å². The molecule has 2 aromatic carbocycles. The molecule has 0 unspecified atom stereocenters. The van der Waals surface area contributed by atoms with Gasteiger partial charge in [-0.05, 0) is 48.6 Å². The molecule has 1 aliphatic rings. The SMILES string of the molecule is Cc1ccc(N2CCN(C(=O)[C@H](C)Cc3ccc(Cl)cc3F)CC2)c([C@@H](N)C(C)C)c1. The molecule has 1 aliphatic heterocycles. The summed E-state index contributed by atoms with van der Waals surface area (Å²) in [6.45, 7) is 11.0. The van der Waals surface area contributed by atoms with Crippen molar-refractivity contribution in [3.8, 4) is 0 Å². The van der Waals surface area contributed by atoms with Crippen LogP contribution in [0.15, 0.2) is 36.4 Å². The van der Waals surface area contributed by atoms with Crippen LogP contribution in [0.3, 0.4) is 0 Å². The average molecular weight is 446 g/mol. The van der Waals surface area contributed by atoms with Gasteiger partial charge in [0.2, 0.25) is 5.91 Å². The van der Waals surface area contributed by atoms with E-state index in [4.69, 9.17) is 17.3 Å². The molecule has 6 heteroatoms. The van der Waals surface area contributed by atoms with E-state index in [9.17, 15) is 9.18 Å². The minimum Gasteiger partial charge on any atom is -0.368 e. The number of nitrogens with zero attached hydrogens (tertiary/aromatic N) is 2. The van der Waals surface area contributed by atoms with Crippen LogP contribution >= 0.6 is 11.6 Å². The highest BCUT2D eigenvalue weighted by molar-refractivity contribution is 6.30. The van der Waals surface area contributed by atoms with Crippen LogP contribution in [-0.4, -0.2) is 37.0 Å². The van der Waals surface area contributed by atoms with Crippen molar-refractivity contribution in [2.45, 2.75) is 40.2 Å². The van der Waals surface area contributed by atoms with Crippen LogP contribution in [0.2, 0.25) is 5.02 Å². The Morgan fingerprint density at radius 1 is 1.10 bits per heavy atom. The third-order valence-electron chi connectivity index (χ3n) is 6.16. The number of carbonyl (C=O) groups is 1. The summed E-state index contributed by atoms with van der Waals surface area (Å²) >= 11 is 5.83. The summed E-state index contributed by atoms with van der Waals surface area (Å²) < 4.78 is 14.1. The quantitative estimate of drug-likeness (QED) is 0.682. The van der Waals surface area contributed by atoms with Crippen molar-refractivity contribution in [3.63, 3.8) is 0 Å². The molecule has 0 radical (unpaired) electrons. The van der Waals surface area contributed by atoms with Gasteiger partial charge in [0.15, 0.2) is 0 Å². The fraction of sp³-hybridized carbons (Fsp3) is 0.480. The second-order valence-electron chi connectivity index (χ2n) is 8.99. The summed E-state index contributed by atoms with van der Waals surface area (Å²) in [7, 11) is 0. The number of halogens is 2. The van der Waals surface area contributed by atoms with E-state index < -0.39 is 0 Å². The fourth-order valence-corrected chi connectivity index (χ4v) is 4.33. The van der Waals surface area contributed by atoms with Gasteiger partial charge in [0, 0.05) is 48.8 Å². The maximum absolute atomic E-state index is 14.1. The van der Waals surface area contributed by atoms with Crippen LogP contribution in [0.25, 0.3) is 0 Å². The lowest BCUT2D eigenvalue weighted by molar-refractivity contribution is -0.135. The molecular weight excluding hydrogens is 413 g/mol. The van der Waals surface area contributed by atoms with Crippen LogP contribution < -0.4 is 10.6 Å². The average Bonchev–Trinajstić information content (AvgIpc) is 2.74. The number of amides is 1. The van der Waals surface area contributed by atoms with Crippen molar-refractivity contribution in [1.82, 2.24) is 4.90 Å². The Morgan fingerprint density at radius 2 is 1.77 bits per heavy atom. The first-order valence-electron chi connectivity index (χ1n) is 11.0. The first-order chi connectivity index (χ1) is 14.7. The predicted octanol–water partition coefficient (Wildman–Crippen LogP) is 4.97. The molecule has 3 rings (SSSR count). The fourth-order valence-electron chi connectivity index (χ4n) is 4.17. The number of carbonyl (C=O) groups excluding carboxylic acids is 1. The third kappa shape index (κ3) is 5.58. The molecule has 1 heterocycles. The van der Waals surface area contributed by atoms with E-state index in [2.05, 4.69) is 43.9 Å². The van der Waals surface area contributed by atoms with Gasteiger partial charge in [-0.1, -0.05) is 56.1 Å². The van der Waals surface area contributed by atoms with Gasteiger partial charge in [-0.25, -0.2) is 4.39 Å². The van der Waals surface area contributed by atoms with Gasteiger partial charge in [0.25, 0.3) is 0 Å². The summed E-state index contributed by atoms with van der Waals surface area (Å²) in [4.78, 5) is 17.2.